The number of hydrogen-bond acceptors (Lipinski definition) is 3. The Morgan fingerprint density at radius 2 is 2.17 bits per heavy atom. The maximum absolute atomic E-state index is 9.05. The molecule has 0 aromatic carbocycles. The molecule has 0 saturated heterocycles. The lowest BCUT2D eigenvalue weighted by Crippen LogP contribution is -2.23. The number of hydrogen-bond donors (Lipinski definition) is 2. The lowest BCUT2D eigenvalue weighted by molar-refractivity contribution is 0.215. The molecule has 0 atom stereocenters. The van der Waals surface area contributed by atoms with Gasteiger partial charge in [0.15, 0.2) is 0 Å². The topological polar surface area (TPSA) is 59.1 Å². The highest BCUT2D eigenvalue weighted by Crippen LogP contribution is 2.20. The number of nitrogen functional groups attached to an aromatic ring is 1. The van der Waals surface area contributed by atoms with Crippen molar-refractivity contribution in [3.8, 4) is 0 Å². The minimum absolute atomic E-state index is 0.0872. The monoisotopic (exact) mass is 166 g/mol. The highest BCUT2D eigenvalue weighted by atomic mass is 16.3. The Labute approximate surface area is 72.2 Å². The molecular weight excluding hydrogens is 152 g/mol. The summed E-state index contributed by atoms with van der Waals surface area (Å²) in [7, 11) is 0. The number of nitrogens with two attached hydrogens (primary N) is 1. The molecule has 1 aromatic rings. The second kappa shape index (κ2) is 3.11. The Bertz CT molecular complexity index is 254. The van der Waals surface area contributed by atoms with Gasteiger partial charge in [-0.05, 0) is 12.1 Å². The van der Waals surface area contributed by atoms with Crippen LogP contribution in [0.1, 0.15) is 19.5 Å². The van der Waals surface area contributed by atoms with E-state index in [2.05, 4.69) is 4.98 Å². The molecule has 0 spiro atoms. The summed E-state index contributed by atoms with van der Waals surface area (Å²) in [5.41, 5.74) is 6.71. The van der Waals surface area contributed by atoms with Crippen LogP contribution in [-0.4, -0.2) is 16.7 Å². The van der Waals surface area contributed by atoms with E-state index in [1.807, 2.05) is 19.9 Å². The van der Waals surface area contributed by atoms with Crippen LogP contribution in [0.15, 0.2) is 18.3 Å². The van der Waals surface area contributed by atoms with E-state index in [0.717, 1.165) is 5.69 Å². The fourth-order valence-electron chi connectivity index (χ4n) is 0.887. The molecule has 3 nitrogen and oxygen atoms in total. The second-order valence-electron chi connectivity index (χ2n) is 3.52. The van der Waals surface area contributed by atoms with Gasteiger partial charge >= 0.3 is 0 Å². The molecule has 0 bridgehead atoms. The van der Waals surface area contributed by atoms with Gasteiger partial charge in [0, 0.05) is 11.1 Å². The van der Waals surface area contributed by atoms with Gasteiger partial charge in [-0.25, -0.2) is 0 Å². The van der Waals surface area contributed by atoms with Crippen LogP contribution in [0.4, 0.5) is 5.69 Å². The van der Waals surface area contributed by atoms with Gasteiger partial charge in [0.25, 0.3) is 0 Å². The zero-order valence-corrected chi connectivity index (χ0v) is 7.41. The zero-order valence-electron chi connectivity index (χ0n) is 7.41. The highest BCUT2D eigenvalue weighted by Gasteiger charge is 2.20. The largest absolute Gasteiger partial charge is 0.397 e. The number of aromatic nitrogens is 1. The molecule has 0 unspecified atom stereocenters. The van der Waals surface area contributed by atoms with E-state index < -0.39 is 0 Å². The quantitative estimate of drug-likeness (QED) is 0.687. The maximum Gasteiger partial charge on any atom is 0.0537 e. The van der Waals surface area contributed by atoms with E-state index in [4.69, 9.17) is 10.8 Å². The number of aliphatic hydroxyl groups is 1. The van der Waals surface area contributed by atoms with Crippen molar-refractivity contribution in [2.45, 2.75) is 19.3 Å². The molecule has 3 N–H and O–H groups in total. The number of aliphatic hydroxyl groups excluding tert-OH is 1. The van der Waals surface area contributed by atoms with Gasteiger partial charge < -0.3 is 10.8 Å². The summed E-state index contributed by atoms with van der Waals surface area (Å²) in [4.78, 5) is 4.14. The van der Waals surface area contributed by atoms with Crippen molar-refractivity contribution in [1.29, 1.82) is 0 Å². The number of pyridine rings is 1. The van der Waals surface area contributed by atoms with Crippen LogP contribution in [-0.2, 0) is 5.41 Å². The Morgan fingerprint density at radius 3 is 2.58 bits per heavy atom. The lowest BCUT2D eigenvalue weighted by Gasteiger charge is -2.20. The zero-order chi connectivity index (χ0) is 9.19. The first kappa shape index (κ1) is 9.00. The summed E-state index contributed by atoms with van der Waals surface area (Å²) in [5, 5.41) is 9.05. The van der Waals surface area contributed by atoms with Crippen LogP contribution in [0.2, 0.25) is 0 Å². The van der Waals surface area contributed by atoms with Crippen LogP contribution >= 0.6 is 0 Å². The van der Waals surface area contributed by atoms with Crippen LogP contribution in [0.5, 0.6) is 0 Å². The van der Waals surface area contributed by atoms with Crippen LogP contribution in [0, 0.1) is 0 Å². The predicted molar refractivity (Wildman–Crippen MR) is 48.8 cm³/mol. The minimum Gasteiger partial charge on any atom is -0.397 e. The Hall–Kier alpha value is -1.09. The summed E-state index contributed by atoms with van der Waals surface area (Å²) in [6, 6.07) is 3.63. The third-order valence-electron chi connectivity index (χ3n) is 1.88. The van der Waals surface area contributed by atoms with Gasteiger partial charge in [-0.2, -0.15) is 0 Å². The van der Waals surface area contributed by atoms with Crippen molar-refractivity contribution in [1.82, 2.24) is 4.98 Å². The number of anilines is 1. The van der Waals surface area contributed by atoms with Crippen molar-refractivity contribution in [3.05, 3.63) is 24.0 Å². The fourth-order valence-corrected chi connectivity index (χ4v) is 0.887. The van der Waals surface area contributed by atoms with E-state index in [-0.39, 0.29) is 12.0 Å². The molecule has 0 fully saturated rings. The lowest BCUT2D eigenvalue weighted by atomic mass is 9.90. The molecule has 0 aliphatic heterocycles. The molecular formula is C9H14N2O. The molecule has 0 aliphatic rings. The van der Waals surface area contributed by atoms with Gasteiger partial charge in [-0.15, -0.1) is 0 Å². The third-order valence-corrected chi connectivity index (χ3v) is 1.88. The van der Waals surface area contributed by atoms with Crippen LogP contribution in [0.3, 0.4) is 0 Å². The highest BCUT2D eigenvalue weighted by molar-refractivity contribution is 5.35. The van der Waals surface area contributed by atoms with Crippen LogP contribution in [0.25, 0.3) is 0 Å². The van der Waals surface area contributed by atoms with Crippen molar-refractivity contribution in [2.24, 2.45) is 0 Å². The van der Waals surface area contributed by atoms with Gasteiger partial charge in [-0.3, -0.25) is 4.98 Å². The summed E-state index contributed by atoms with van der Waals surface area (Å²) in [6.07, 6.45) is 1.60. The van der Waals surface area contributed by atoms with E-state index in [0.29, 0.717) is 5.69 Å². The van der Waals surface area contributed by atoms with Crippen molar-refractivity contribution >= 4 is 5.69 Å². The second-order valence-corrected chi connectivity index (χ2v) is 3.52. The third kappa shape index (κ3) is 1.74. The Morgan fingerprint density at radius 1 is 1.50 bits per heavy atom. The average molecular weight is 166 g/mol. The fraction of sp³-hybridized carbons (Fsp3) is 0.444. The molecule has 1 rings (SSSR count). The molecule has 12 heavy (non-hydrogen) atoms. The molecule has 1 heterocycles. The smallest absolute Gasteiger partial charge is 0.0537 e. The van der Waals surface area contributed by atoms with Gasteiger partial charge in [-0.1, -0.05) is 13.8 Å². The summed E-state index contributed by atoms with van der Waals surface area (Å²) in [6.45, 7) is 3.96. The first-order valence-corrected chi connectivity index (χ1v) is 3.89. The summed E-state index contributed by atoms with van der Waals surface area (Å²) >= 11 is 0. The SMILES string of the molecule is CC(C)(CO)c1ccc(N)cn1. The molecule has 0 aliphatic carbocycles. The Balaban J connectivity index is 2.96. The molecule has 66 valence electrons. The summed E-state index contributed by atoms with van der Waals surface area (Å²) in [5.74, 6) is 0. The van der Waals surface area contributed by atoms with Crippen molar-refractivity contribution in [3.63, 3.8) is 0 Å². The molecule has 0 radical (unpaired) electrons. The first-order valence-electron chi connectivity index (χ1n) is 3.89. The standard InChI is InChI=1S/C9H14N2O/c1-9(2,6-12)8-4-3-7(10)5-11-8/h3-5,12H,6,10H2,1-2H3. The number of nitrogens with zero attached hydrogens (tertiary/aromatic N) is 1. The first-order chi connectivity index (χ1) is 5.56. The van der Waals surface area contributed by atoms with E-state index >= 15 is 0 Å². The van der Waals surface area contributed by atoms with Crippen molar-refractivity contribution in [2.75, 3.05) is 12.3 Å². The molecule has 0 saturated carbocycles. The minimum atomic E-state index is -0.284. The van der Waals surface area contributed by atoms with Gasteiger partial charge in [0.05, 0.1) is 18.5 Å². The summed E-state index contributed by atoms with van der Waals surface area (Å²) < 4.78 is 0. The molecule has 1 aromatic heterocycles. The average Bonchev–Trinajstić information content (AvgIpc) is 2.05. The van der Waals surface area contributed by atoms with E-state index in [1.165, 1.54) is 0 Å². The normalized spacial score (nSPS) is 11.6. The maximum atomic E-state index is 9.05. The Kier molecular flexibility index (Phi) is 2.33. The molecule has 0 amide bonds. The van der Waals surface area contributed by atoms with E-state index in [1.54, 1.807) is 12.3 Å². The van der Waals surface area contributed by atoms with Gasteiger partial charge in [0.1, 0.15) is 0 Å². The van der Waals surface area contributed by atoms with Gasteiger partial charge in [0.2, 0.25) is 0 Å². The predicted octanol–water partition coefficient (Wildman–Crippen LogP) is 0.934. The molecule has 3 heteroatoms. The van der Waals surface area contributed by atoms with E-state index in [9.17, 15) is 0 Å². The van der Waals surface area contributed by atoms with Crippen molar-refractivity contribution < 1.29 is 5.11 Å². The number of rotatable bonds is 2. The van der Waals surface area contributed by atoms with Crippen LogP contribution < -0.4 is 5.73 Å².